The van der Waals surface area contributed by atoms with Crippen molar-refractivity contribution in [1.29, 1.82) is 0 Å². The molecule has 4 nitrogen and oxygen atoms in total. The van der Waals surface area contributed by atoms with Gasteiger partial charge in [0.2, 0.25) is 0 Å². The highest BCUT2D eigenvalue weighted by atomic mass is 32.2. The first-order valence-corrected chi connectivity index (χ1v) is 9.74. The van der Waals surface area contributed by atoms with Gasteiger partial charge in [-0.2, -0.15) is 13.2 Å². The van der Waals surface area contributed by atoms with Crippen molar-refractivity contribution in [2.24, 2.45) is 10.9 Å². The van der Waals surface area contributed by atoms with Crippen LogP contribution in [0.5, 0.6) is 0 Å². The van der Waals surface area contributed by atoms with Crippen LogP contribution in [-0.2, 0) is 4.74 Å². The number of hydrogen-bond acceptors (Lipinski definition) is 3. The van der Waals surface area contributed by atoms with Crippen LogP contribution in [0.15, 0.2) is 40.2 Å². The van der Waals surface area contributed by atoms with Gasteiger partial charge in [-0.25, -0.2) is 0 Å². The summed E-state index contributed by atoms with van der Waals surface area (Å²) < 4.78 is 40.6. The maximum atomic E-state index is 12.0. The van der Waals surface area contributed by atoms with Crippen LogP contribution in [0.4, 0.5) is 13.2 Å². The minimum Gasteiger partial charge on any atom is -0.372 e. The molecule has 1 N–H and O–H groups in total. The number of nitrogens with one attached hydrogen (secondary N) is 1. The average Bonchev–Trinajstić information content (AvgIpc) is 3.08. The predicted octanol–water partition coefficient (Wildman–Crippen LogP) is 3.65. The Morgan fingerprint density at radius 2 is 2.12 bits per heavy atom. The molecule has 1 aromatic carbocycles. The van der Waals surface area contributed by atoms with E-state index in [-0.39, 0.29) is 6.61 Å². The number of halogens is 3. The highest BCUT2D eigenvalue weighted by Crippen LogP contribution is 2.25. The summed E-state index contributed by atoms with van der Waals surface area (Å²) in [6, 6.07) is 10.4. The second kappa shape index (κ2) is 10.7. The molecule has 1 aromatic rings. The maximum Gasteiger partial charge on any atom is 0.411 e. The minimum atomic E-state index is -4.26. The van der Waals surface area contributed by atoms with Crippen molar-refractivity contribution >= 4 is 17.7 Å². The Hall–Kier alpha value is -1.41. The number of hydrogen-bond donors (Lipinski definition) is 1. The van der Waals surface area contributed by atoms with E-state index < -0.39 is 12.8 Å². The van der Waals surface area contributed by atoms with E-state index in [1.165, 1.54) is 4.90 Å². The van der Waals surface area contributed by atoms with Gasteiger partial charge in [0.05, 0.1) is 0 Å². The fourth-order valence-corrected chi connectivity index (χ4v) is 3.84. The average molecular weight is 389 g/mol. The molecule has 1 atom stereocenters. The van der Waals surface area contributed by atoms with Crippen LogP contribution in [0, 0.1) is 5.92 Å². The van der Waals surface area contributed by atoms with Crippen molar-refractivity contribution < 1.29 is 17.9 Å². The lowest BCUT2D eigenvalue weighted by Gasteiger charge is -2.21. The topological polar surface area (TPSA) is 36.9 Å². The molecule has 26 heavy (non-hydrogen) atoms. The smallest absolute Gasteiger partial charge is 0.372 e. The minimum absolute atomic E-state index is 0.0832. The highest BCUT2D eigenvalue weighted by Gasteiger charge is 2.27. The molecule has 0 radical (unpaired) electrons. The molecule has 1 unspecified atom stereocenters. The Balaban J connectivity index is 1.62. The quantitative estimate of drug-likeness (QED) is 0.319. The number of aliphatic imine (C=N–C) groups is 1. The zero-order chi connectivity index (χ0) is 18.8. The monoisotopic (exact) mass is 389 g/mol. The molecular weight excluding hydrogens is 363 g/mol. The number of guanidine groups is 1. The first-order chi connectivity index (χ1) is 12.5. The number of likely N-dealkylation sites (tertiary alicyclic amines) is 1. The SMILES string of the molecule is CN=C(NCCCOCC(F)(F)F)N1CCC(CSc2ccccc2)C1. The van der Waals surface area contributed by atoms with E-state index in [0.29, 0.717) is 18.9 Å². The molecule has 1 aliphatic rings. The number of rotatable bonds is 8. The van der Waals surface area contributed by atoms with Crippen LogP contribution in [0.1, 0.15) is 12.8 Å². The molecule has 0 aliphatic carbocycles. The highest BCUT2D eigenvalue weighted by molar-refractivity contribution is 7.99. The van der Waals surface area contributed by atoms with E-state index in [2.05, 4.69) is 32.1 Å². The second-order valence-electron chi connectivity index (χ2n) is 6.22. The van der Waals surface area contributed by atoms with Gasteiger partial charge in [-0.1, -0.05) is 18.2 Å². The van der Waals surface area contributed by atoms with Gasteiger partial charge >= 0.3 is 6.18 Å². The van der Waals surface area contributed by atoms with Crippen LogP contribution < -0.4 is 5.32 Å². The molecule has 2 rings (SSSR count). The number of ether oxygens (including phenoxy) is 1. The zero-order valence-corrected chi connectivity index (χ0v) is 15.8. The molecule has 1 saturated heterocycles. The summed E-state index contributed by atoms with van der Waals surface area (Å²) in [5.74, 6) is 2.49. The third kappa shape index (κ3) is 7.86. The van der Waals surface area contributed by atoms with Gasteiger partial charge in [0, 0.05) is 43.9 Å². The maximum absolute atomic E-state index is 12.0. The normalized spacial score (nSPS) is 18.4. The summed E-state index contributed by atoms with van der Waals surface area (Å²) in [5.41, 5.74) is 0. The predicted molar refractivity (Wildman–Crippen MR) is 99.7 cm³/mol. The molecule has 1 aliphatic heterocycles. The lowest BCUT2D eigenvalue weighted by atomic mass is 10.2. The summed E-state index contributed by atoms with van der Waals surface area (Å²) in [6.45, 7) is 1.34. The Kier molecular flexibility index (Phi) is 8.58. The third-order valence-electron chi connectivity index (χ3n) is 4.04. The van der Waals surface area contributed by atoms with Gasteiger partial charge in [0.15, 0.2) is 5.96 Å². The standard InChI is InChI=1S/C18H26F3N3OS/c1-22-17(23-9-5-11-25-14-18(19,20)21)24-10-8-15(12-24)13-26-16-6-3-2-4-7-16/h2-4,6-7,15H,5,8-14H2,1H3,(H,22,23). The number of benzene rings is 1. The number of nitrogens with zero attached hydrogens (tertiary/aromatic N) is 2. The Labute approximate surface area is 157 Å². The molecule has 0 aromatic heterocycles. The number of alkyl halides is 3. The van der Waals surface area contributed by atoms with Gasteiger partial charge in [-0.15, -0.1) is 11.8 Å². The zero-order valence-electron chi connectivity index (χ0n) is 15.0. The van der Waals surface area contributed by atoms with Gasteiger partial charge in [-0.3, -0.25) is 4.99 Å². The first-order valence-electron chi connectivity index (χ1n) is 8.76. The Bertz CT molecular complexity index is 554. The third-order valence-corrected chi connectivity index (χ3v) is 5.28. The molecule has 1 fully saturated rings. The van der Waals surface area contributed by atoms with Crippen molar-refractivity contribution in [1.82, 2.24) is 10.2 Å². The molecule has 146 valence electrons. The fourth-order valence-electron chi connectivity index (χ4n) is 2.79. The van der Waals surface area contributed by atoms with E-state index in [0.717, 1.165) is 31.2 Å². The molecular formula is C18H26F3N3OS. The van der Waals surface area contributed by atoms with Crippen molar-refractivity contribution in [2.75, 3.05) is 45.6 Å². The summed E-state index contributed by atoms with van der Waals surface area (Å²) >= 11 is 1.87. The van der Waals surface area contributed by atoms with Crippen molar-refractivity contribution in [3.63, 3.8) is 0 Å². The lowest BCUT2D eigenvalue weighted by molar-refractivity contribution is -0.173. The summed E-state index contributed by atoms with van der Waals surface area (Å²) in [7, 11) is 1.73. The molecule has 0 saturated carbocycles. The van der Waals surface area contributed by atoms with Crippen molar-refractivity contribution in [3.05, 3.63) is 30.3 Å². The van der Waals surface area contributed by atoms with Crippen molar-refractivity contribution in [2.45, 2.75) is 23.9 Å². The summed E-state index contributed by atoms with van der Waals surface area (Å²) in [5, 5.41) is 3.21. The number of thioether (sulfide) groups is 1. The Morgan fingerprint density at radius 1 is 1.35 bits per heavy atom. The van der Waals surface area contributed by atoms with E-state index in [4.69, 9.17) is 0 Å². The largest absolute Gasteiger partial charge is 0.411 e. The summed E-state index contributed by atoms with van der Waals surface area (Å²) in [4.78, 5) is 7.78. The van der Waals surface area contributed by atoms with Crippen molar-refractivity contribution in [3.8, 4) is 0 Å². The molecule has 8 heteroatoms. The van der Waals surface area contributed by atoms with Crippen LogP contribution >= 0.6 is 11.8 Å². The van der Waals surface area contributed by atoms with E-state index in [9.17, 15) is 13.2 Å². The van der Waals surface area contributed by atoms with Gasteiger partial charge in [0.1, 0.15) is 6.61 Å². The van der Waals surface area contributed by atoms with Gasteiger partial charge < -0.3 is 15.0 Å². The molecule has 0 bridgehead atoms. The van der Waals surface area contributed by atoms with E-state index in [1.807, 2.05) is 30.0 Å². The second-order valence-corrected chi connectivity index (χ2v) is 7.31. The van der Waals surface area contributed by atoms with Gasteiger partial charge in [-0.05, 0) is 30.9 Å². The van der Waals surface area contributed by atoms with Gasteiger partial charge in [0.25, 0.3) is 0 Å². The van der Waals surface area contributed by atoms with E-state index >= 15 is 0 Å². The van der Waals surface area contributed by atoms with Crippen LogP contribution in [-0.4, -0.2) is 62.7 Å². The van der Waals surface area contributed by atoms with Crippen LogP contribution in [0.25, 0.3) is 0 Å². The van der Waals surface area contributed by atoms with E-state index in [1.54, 1.807) is 7.05 Å². The molecule has 0 spiro atoms. The van der Waals surface area contributed by atoms with Crippen LogP contribution in [0.2, 0.25) is 0 Å². The lowest BCUT2D eigenvalue weighted by Crippen LogP contribution is -2.40. The molecule has 1 heterocycles. The van der Waals surface area contributed by atoms with Crippen LogP contribution in [0.3, 0.4) is 0 Å². The summed E-state index contributed by atoms with van der Waals surface area (Å²) in [6.07, 6.45) is -2.63. The molecule has 0 amide bonds. The Morgan fingerprint density at radius 3 is 2.81 bits per heavy atom. The fraction of sp³-hybridized carbons (Fsp3) is 0.611. The first kappa shape index (κ1) is 20.9.